The van der Waals surface area contributed by atoms with Crippen LogP contribution in [-0.4, -0.2) is 42.7 Å². The van der Waals surface area contributed by atoms with E-state index in [0.717, 1.165) is 24.1 Å². The van der Waals surface area contributed by atoms with Gasteiger partial charge in [-0.25, -0.2) is 21.6 Å². The number of sulfone groups is 1. The van der Waals surface area contributed by atoms with Gasteiger partial charge in [0, 0.05) is 31.6 Å². The number of nitrogens with zero attached hydrogens (tertiary/aromatic N) is 1. The molecule has 0 aliphatic heterocycles. The van der Waals surface area contributed by atoms with E-state index in [2.05, 4.69) is 15.7 Å². The van der Waals surface area contributed by atoms with E-state index in [-0.39, 0.29) is 21.9 Å². The van der Waals surface area contributed by atoms with Gasteiger partial charge in [0.1, 0.15) is 0 Å². The molecular formula is C20H28N2O4S2. The van der Waals surface area contributed by atoms with E-state index in [9.17, 15) is 16.8 Å². The van der Waals surface area contributed by atoms with E-state index in [1.165, 1.54) is 19.1 Å². The van der Waals surface area contributed by atoms with Gasteiger partial charge in [0.05, 0.1) is 9.79 Å². The molecule has 0 saturated carbocycles. The van der Waals surface area contributed by atoms with Crippen LogP contribution < -0.4 is 9.62 Å². The molecule has 0 aliphatic carbocycles. The van der Waals surface area contributed by atoms with Crippen LogP contribution in [0, 0.1) is 20.8 Å². The summed E-state index contributed by atoms with van der Waals surface area (Å²) in [5, 5.41) is 0. The maximum absolute atomic E-state index is 12.8. The zero-order valence-electron chi connectivity index (χ0n) is 17.0. The van der Waals surface area contributed by atoms with Gasteiger partial charge >= 0.3 is 0 Å². The predicted molar refractivity (Wildman–Crippen MR) is 113 cm³/mol. The second-order valence-electron chi connectivity index (χ2n) is 6.97. The van der Waals surface area contributed by atoms with Gasteiger partial charge < -0.3 is 4.90 Å². The monoisotopic (exact) mass is 424 g/mol. The second-order valence-corrected chi connectivity index (χ2v) is 10.7. The van der Waals surface area contributed by atoms with E-state index in [1.54, 1.807) is 6.92 Å². The average molecular weight is 425 g/mol. The van der Waals surface area contributed by atoms with E-state index in [1.807, 2.05) is 32.0 Å². The molecule has 0 aliphatic rings. The van der Waals surface area contributed by atoms with Gasteiger partial charge in [0.25, 0.3) is 0 Å². The van der Waals surface area contributed by atoms with Crippen molar-refractivity contribution in [3.63, 3.8) is 0 Å². The second kappa shape index (κ2) is 8.63. The lowest BCUT2D eigenvalue weighted by Gasteiger charge is -2.24. The van der Waals surface area contributed by atoms with Crippen LogP contribution in [0.3, 0.4) is 0 Å². The summed E-state index contributed by atoms with van der Waals surface area (Å²) in [6, 6.07) is 11.0. The zero-order valence-corrected chi connectivity index (χ0v) is 18.6. The van der Waals surface area contributed by atoms with Gasteiger partial charge in [0.15, 0.2) is 9.84 Å². The molecule has 0 fully saturated rings. The molecule has 0 heterocycles. The van der Waals surface area contributed by atoms with Crippen molar-refractivity contribution >= 4 is 25.5 Å². The van der Waals surface area contributed by atoms with Gasteiger partial charge in [-0.2, -0.15) is 0 Å². The maximum Gasteiger partial charge on any atom is 0.240 e. The molecule has 1 N–H and O–H groups in total. The largest absolute Gasteiger partial charge is 0.370 e. The Morgan fingerprint density at radius 2 is 1.57 bits per heavy atom. The van der Waals surface area contributed by atoms with Gasteiger partial charge in [-0.1, -0.05) is 12.1 Å². The summed E-state index contributed by atoms with van der Waals surface area (Å²) < 4.78 is 52.2. The Morgan fingerprint density at radius 3 is 2.14 bits per heavy atom. The van der Waals surface area contributed by atoms with Crippen molar-refractivity contribution in [1.82, 2.24) is 4.72 Å². The number of hydrogen-bond donors (Lipinski definition) is 1. The van der Waals surface area contributed by atoms with Crippen molar-refractivity contribution in [2.75, 3.05) is 30.8 Å². The van der Waals surface area contributed by atoms with Gasteiger partial charge in [-0.15, -0.1) is 0 Å². The third-order valence-corrected chi connectivity index (χ3v) is 7.38. The molecule has 0 aromatic heterocycles. The van der Waals surface area contributed by atoms with Crippen molar-refractivity contribution in [3.8, 4) is 0 Å². The summed E-state index contributed by atoms with van der Waals surface area (Å²) in [6.45, 7) is 8.70. The fourth-order valence-electron chi connectivity index (χ4n) is 3.14. The Hall–Kier alpha value is -1.90. The molecule has 0 saturated heterocycles. The van der Waals surface area contributed by atoms with Crippen molar-refractivity contribution < 1.29 is 16.8 Å². The van der Waals surface area contributed by atoms with E-state index >= 15 is 0 Å². The number of sulfonamides is 1. The first-order valence-electron chi connectivity index (χ1n) is 9.08. The van der Waals surface area contributed by atoms with Crippen LogP contribution in [0.25, 0.3) is 0 Å². The molecule has 2 aromatic carbocycles. The number of hydrogen-bond acceptors (Lipinski definition) is 5. The number of nitrogens with one attached hydrogen (secondary N) is 1. The molecule has 0 unspecified atom stereocenters. The third-order valence-electron chi connectivity index (χ3n) is 4.57. The molecule has 0 spiro atoms. The van der Waals surface area contributed by atoms with Crippen molar-refractivity contribution in [2.24, 2.45) is 0 Å². The highest BCUT2D eigenvalue weighted by molar-refractivity contribution is 7.91. The van der Waals surface area contributed by atoms with Crippen LogP contribution in [0.4, 0.5) is 5.69 Å². The average Bonchev–Trinajstić information content (AvgIpc) is 2.59. The van der Waals surface area contributed by atoms with Gasteiger partial charge in [-0.05, 0) is 68.7 Å². The van der Waals surface area contributed by atoms with Crippen LogP contribution in [0.2, 0.25) is 0 Å². The molecule has 154 valence electrons. The number of anilines is 1. The normalized spacial score (nSPS) is 12.2. The molecule has 2 rings (SSSR count). The SMILES string of the molecule is CCN(CCNS(=O)(=O)c1cc(C)cc(S(C)(=O)=O)c1C)c1cccc(C)c1. The van der Waals surface area contributed by atoms with Gasteiger partial charge in [0.2, 0.25) is 10.0 Å². The molecule has 0 radical (unpaired) electrons. The fourth-order valence-corrected chi connectivity index (χ4v) is 5.64. The lowest BCUT2D eigenvalue weighted by molar-refractivity contribution is 0.579. The third kappa shape index (κ3) is 5.33. The topological polar surface area (TPSA) is 83.6 Å². The quantitative estimate of drug-likeness (QED) is 0.704. The van der Waals surface area contributed by atoms with Crippen LogP contribution in [-0.2, 0) is 19.9 Å². The van der Waals surface area contributed by atoms with E-state index in [0.29, 0.717) is 12.1 Å². The first-order chi connectivity index (χ1) is 13.0. The first-order valence-corrected chi connectivity index (χ1v) is 12.5. The first kappa shape index (κ1) is 22.4. The Balaban J connectivity index is 2.22. The predicted octanol–water partition coefficient (Wildman–Crippen LogP) is 2.82. The number of rotatable bonds is 8. The summed E-state index contributed by atoms with van der Waals surface area (Å²) in [4.78, 5) is 2.13. The van der Waals surface area contributed by atoms with Crippen LogP contribution in [0.5, 0.6) is 0 Å². The van der Waals surface area contributed by atoms with Crippen LogP contribution in [0.1, 0.15) is 23.6 Å². The summed E-state index contributed by atoms with van der Waals surface area (Å²) in [5.41, 5.74) is 3.00. The van der Waals surface area contributed by atoms with Crippen molar-refractivity contribution in [3.05, 3.63) is 53.1 Å². The minimum atomic E-state index is -3.83. The zero-order chi connectivity index (χ0) is 21.1. The highest BCUT2D eigenvalue weighted by atomic mass is 32.2. The van der Waals surface area contributed by atoms with E-state index in [4.69, 9.17) is 0 Å². The molecule has 28 heavy (non-hydrogen) atoms. The Morgan fingerprint density at radius 1 is 0.929 bits per heavy atom. The Kier molecular flexibility index (Phi) is 6.90. The number of aryl methyl sites for hydroxylation is 2. The summed E-state index contributed by atoms with van der Waals surface area (Å²) in [6.07, 6.45) is 1.08. The standard InChI is InChI=1S/C20H28N2O4S2/c1-6-22(18-9-7-8-15(2)12-18)11-10-21-28(25,26)20-14-16(3)13-19(17(20)4)27(5,23)24/h7-9,12-14,21H,6,10-11H2,1-5H3. The van der Waals surface area contributed by atoms with Crippen molar-refractivity contribution in [1.29, 1.82) is 0 Å². The smallest absolute Gasteiger partial charge is 0.240 e. The van der Waals surface area contributed by atoms with Crippen molar-refractivity contribution in [2.45, 2.75) is 37.5 Å². The highest BCUT2D eigenvalue weighted by Crippen LogP contribution is 2.25. The molecule has 2 aromatic rings. The minimum absolute atomic E-state index is 0.00605. The van der Waals surface area contributed by atoms with E-state index < -0.39 is 19.9 Å². The lowest BCUT2D eigenvalue weighted by atomic mass is 10.2. The summed E-state index contributed by atoms with van der Waals surface area (Å²) >= 11 is 0. The molecule has 0 atom stereocenters. The maximum atomic E-state index is 12.8. The highest BCUT2D eigenvalue weighted by Gasteiger charge is 2.23. The molecule has 6 nitrogen and oxygen atoms in total. The molecule has 0 amide bonds. The summed E-state index contributed by atoms with van der Waals surface area (Å²) in [7, 11) is -7.35. The Bertz CT molecular complexity index is 1060. The van der Waals surface area contributed by atoms with Crippen LogP contribution in [0.15, 0.2) is 46.2 Å². The summed E-state index contributed by atoms with van der Waals surface area (Å²) in [5.74, 6) is 0. The van der Waals surface area contributed by atoms with Gasteiger partial charge in [-0.3, -0.25) is 0 Å². The molecule has 0 bridgehead atoms. The number of likely N-dealkylation sites (N-methyl/N-ethyl adjacent to an activating group) is 1. The fraction of sp³-hybridized carbons (Fsp3) is 0.400. The molecular weight excluding hydrogens is 396 g/mol. The Labute approximate surface area is 168 Å². The molecule has 8 heteroatoms. The minimum Gasteiger partial charge on any atom is -0.370 e. The number of benzene rings is 2. The lowest BCUT2D eigenvalue weighted by Crippen LogP contribution is -2.35. The van der Waals surface area contributed by atoms with Crippen LogP contribution >= 0.6 is 0 Å².